The van der Waals surface area contributed by atoms with Crippen LogP contribution < -0.4 is 15.6 Å². The van der Waals surface area contributed by atoms with E-state index in [0.29, 0.717) is 5.02 Å². The summed E-state index contributed by atoms with van der Waals surface area (Å²) in [5.74, 6) is -0.310. The van der Waals surface area contributed by atoms with Gasteiger partial charge in [0, 0.05) is 23.7 Å². The third-order valence-electron chi connectivity index (χ3n) is 2.60. The van der Waals surface area contributed by atoms with Gasteiger partial charge in [0.2, 0.25) is 15.9 Å². The van der Waals surface area contributed by atoms with E-state index in [-0.39, 0.29) is 23.8 Å². The topological polar surface area (TPSA) is 87.3 Å². The number of nitrogens with one attached hydrogen (secondary N) is 3. The molecule has 1 rings (SSSR count). The van der Waals surface area contributed by atoms with Crippen molar-refractivity contribution in [2.75, 3.05) is 6.54 Å². The first kappa shape index (κ1) is 17.5. The van der Waals surface area contributed by atoms with Crippen LogP contribution in [0.1, 0.15) is 20.3 Å². The number of halogens is 1. The molecule has 0 aliphatic heterocycles. The van der Waals surface area contributed by atoms with Crippen LogP contribution in [0, 0.1) is 0 Å². The minimum absolute atomic E-state index is 0.00730. The molecule has 0 spiro atoms. The van der Waals surface area contributed by atoms with Gasteiger partial charge in [0.05, 0.1) is 4.90 Å². The Bertz CT molecular complexity index is 612. The SMILES string of the molecule is CC=C(C)NNC(=O)CCNS(=O)(=O)c1ccc(Cl)cc1. The Hall–Kier alpha value is -1.57. The zero-order valence-corrected chi connectivity index (χ0v) is 13.4. The molecule has 3 N–H and O–H groups in total. The first-order valence-electron chi connectivity index (χ1n) is 6.28. The second kappa shape index (κ2) is 8.02. The molecule has 0 fully saturated rings. The maximum absolute atomic E-state index is 11.9. The quantitative estimate of drug-likeness (QED) is 0.662. The molecule has 0 saturated carbocycles. The second-order valence-corrected chi connectivity index (χ2v) is 6.45. The van der Waals surface area contributed by atoms with Gasteiger partial charge >= 0.3 is 0 Å². The lowest BCUT2D eigenvalue weighted by molar-refractivity contribution is -0.121. The van der Waals surface area contributed by atoms with Gasteiger partial charge in [0.15, 0.2) is 0 Å². The maximum Gasteiger partial charge on any atom is 0.240 e. The van der Waals surface area contributed by atoms with E-state index in [2.05, 4.69) is 15.6 Å². The number of hydrazine groups is 1. The molecule has 0 saturated heterocycles. The third-order valence-corrected chi connectivity index (χ3v) is 4.33. The van der Waals surface area contributed by atoms with Crippen molar-refractivity contribution >= 4 is 27.5 Å². The third kappa shape index (κ3) is 6.16. The molecule has 0 heterocycles. The number of sulfonamides is 1. The number of rotatable bonds is 7. The Balaban J connectivity index is 2.44. The van der Waals surface area contributed by atoms with Crippen molar-refractivity contribution < 1.29 is 13.2 Å². The van der Waals surface area contributed by atoms with Crippen molar-refractivity contribution in [2.45, 2.75) is 25.2 Å². The highest BCUT2D eigenvalue weighted by atomic mass is 35.5. The molecular formula is C13H18ClN3O3S. The summed E-state index contributed by atoms with van der Waals surface area (Å²) >= 11 is 5.70. The second-order valence-electron chi connectivity index (χ2n) is 4.25. The van der Waals surface area contributed by atoms with Crippen LogP contribution in [0.3, 0.4) is 0 Å². The van der Waals surface area contributed by atoms with Crippen molar-refractivity contribution in [1.82, 2.24) is 15.6 Å². The molecule has 6 nitrogen and oxygen atoms in total. The number of carbonyl (C=O) groups is 1. The zero-order valence-electron chi connectivity index (χ0n) is 11.8. The van der Waals surface area contributed by atoms with E-state index < -0.39 is 10.0 Å². The molecule has 0 atom stereocenters. The molecule has 1 aromatic carbocycles. The molecular weight excluding hydrogens is 314 g/mol. The summed E-state index contributed by atoms with van der Waals surface area (Å²) in [4.78, 5) is 11.6. The van der Waals surface area contributed by atoms with Crippen LogP contribution in [0.5, 0.6) is 0 Å². The number of hydrogen-bond acceptors (Lipinski definition) is 4. The van der Waals surface area contributed by atoms with E-state index in [1.165, 1.54) is 24.3 Å². The minimum atomic E-state index is -3.63. The van der Waals surface area contributed by atoms with E-state index >= 15 is 0 Å². The van der Waals surface area contributed by atoms with Crippen molar-refractivity contribution in [3.05, 3.63) is 41.1 Å². The Morgan fingerprint density at radius 1 is 1.24 bits per heavy atom. The average Bonchev–Trinajstić information content (AvgIpc) is 2.45. The van der Waals surface area contributed by atoms with Crippen LogP contribution in [-0.4, -0.2) is 20.9 Å². The first-order chi connectivity index (χ1) is 9.85. The number of benzene rings is 1. The molecule has 0 radical (unpaired) electrons. The van der Waals surface area contributed by atoms with E-state index in [1.807, 2.05) is 6.92 Å². The van der Waals surface area contributed by atoms with Gasteiger partial charge in [-0.3, -0.25) is 10.2 Å². The molecule has 116 valence electrons. The van der Waals surface area contributed by atoms with E-state index in [1.54, 1.807) is 13.0 Å². The van der Waals surface area contributed by atoms with Crippen molar-refractivity contribution in [3.63, 3.8) is 0 Å². The maximum atomic E-state index is 11.9. The molecule has 0 aliphatic rings. The predicted molar refractivity (Wildman–Crippen MR) is 82.0 cm³/mol. The summed E-state index contributed by atoms with van der Waals surface area (Å²) in [5.41, 5.74) is 5.94. The standard InChI is InChI=1S/C13H18ClN3O3S/c1-3-10(2)16-17-13(18)8-9-15-21(19,20)12-6-4-11(14)5-7-12/h3-7,15-16H,8-9H2,1-2H3,(H,17,18). The molecule has 1 amide bonds. The van der Waals surface area contributed by atoms with Gasteiger partial charge in [-0.15, -0.1) is 0 Å². The highest BCUT2D eigenvalue weighted by Crippen LogP contribution is 2.13. The molecule has 21 heavy (non-hydrogen) atoms. The number of hydrogen-bond donors (Lipinski definition) is 3. The Labute approximate surface area is 129 Å². The largest absolute Gasteiger partial charge is 0.303 e. The van der Waals surface area contributed by atoms with E-state index in [9.17, 15) is 13.2 Å². The molecule has 0 aliphatic carbocycles. The Morgan fingerprint density at radius 3 is 2.43 bits per heavy atom. The highest BCUT2D eigenvalue weighted by Gasteiger charge is 2.13. The van der Waals surface area contributed by atoms with Crippen molar-refractivity contribution in [2.24, 2.45) is 0 Å². The van der Waals surface area contributed by atoms with Crippen molar-refractivity contribution in [1.29, 1.82) is 0 Å². The zero-order chi connectivity index (χ0) is 15.9. The lowest BCUT2D eigenvalue weighted by Gasteiger charge is -2.09. The van der Waals surface area contributed by atoms with Crippen molar-refractivity contribution in [3.8, 4) is 0 Å². The van der Waals surface area contributed by atoms with Crippen LogP contribution >= 0.6 is 11.6 Å². The fraction of sp³-hybridized carbons (Fsp3) is 0.308. The normalized spacial score (nSPS) is 12.0. The van der Waals surface area contributed by atoms with Crippen LogP contribution in [0.4, 0.5) is 0 Å². The lowest BCUT2D eigenvalue weighted by atomic mass is 10.4. The highest BCUT2D eigenvalue weighted by molar-refractivity contribution is 7.89. The number of carbonyl (C=O) groups excluding carboxylic acids is 1. The summed E-state index contributed by atoms with van der Waals surface area (Å²) in [6.07, 6.45) is 1.82. The van der Waals surface area contributed by atoms with Gasteiger partial charge < -0.3 is 5.43 Å². The van der Waals surface area contributed by atoms with Gasteiger partial charge in [-0.25, -0.2) is 13.1 Å². The van der Waals surface area contributed by atoms with Crippen LogP contribution in [0.2, 0.25) is 5.02 Å². The molecule has 0 aromatic heterocycles. The van der Waals surface area contributed by atoms with E-state index in [4.69, 9.17) is 11.6 Å². The first-order valence-corrected chi connectivity index (χ1v) is 8.14. The monoisotopic (exact) mass is 331 g/mol. The van der Waals surface area contributed by atoms with Gasteiger partial charge in [-0.1, -0.05) is 17.7 Å². The van der Waals surface area contributed by atoms with Gasteiger partial charge in [0.25, 0.3) is 0 Å². The minimum Gasteiger partial charge on any atom is -0.303 e. The van der Waals surface area contributed by atoms with Gasteiger partial charge in [-0.2, -0.15) is 0 Å². The molecule has 0 unspecified atom stereocenters. The predicted octanol–water partition coefficient (Wildman–Crippen LogP) is 1.55. The van der Waals surface area contributed by atoms with Crippen LogP contribution in [0.25, 0.3) is 0 Å². The fourth-order valence-corrected chi connectivity index (χ4v) is 2.46. The Kier molecular flexibility index (Phi) is 6.67. The summed E-state index contributed by atoms with van der Waals surface area (Å²) in [5, 5.41) is 0.457. The lowest BCUT2D eigenvalue weighted by Crippen LogP contribution is -2.38. The van der Waals surface area contributed by atoms with E-state index in [0.717, 1.165) is 5.70 Å². The van der Waals surface area contributed by atoms with Gasteiger partial charge in [-0.05, 0) is 38.1 Å². The van der Waals surface area contributed by atoms with Gasteiger partial charge in [0.1, 0.15) is 0 Å². The average molecular weight is 332 g/mol. The summed E-state index contributed by atoms with van der Waals surface area (Å²) in [6, 6.07) is 5.79. The number of amides is 1. The molecule has 8 heteroatoms. The Morgan fingerprint density at radius 2 is 1.86 bits per heavy atom. The molecule has 0 bridgehead atoms. The smallest absolute Gasteiger partial charge is 0.240 e. The fourth-order valence-electron chi connectivity index (χ4n) is 1.30. The summed E-state index contributed by atoms with van der Waals surface area (Å²) in [7, 11) is -3.63. The summed E-state index contributed by atoms with van der Waals surface area (Å²) < 4.78 is 26.2. The summed E-state index contributed by atoms with van der Waals surface area (Å²) in [6.45, 7) is 3.63. The van der Waals surface area contributed by atoms with Crippen LogP contribution in [0.15, 0.2) is 40.9 Å². The van der Waals surface area contributed by atoms with Crippen LogP contribution in [-0.2, 0) is 14.8 Å². The number of allylic oxidation sites excluding steroid dienone is 2. The molecule has 1 aromatic rings.